The number of nitrogens with zero attached hydrogens (tertiary/aromatic N) is 3. The molecule has 90 valence electrons. The van der Waals surface area contributed by atoms with Gasteiger partial charge in [-0.15, -0.1) is 0 Å². The van der Waals surface area contributed by atoms with Gasteiger partial charge in [-0.3, -0.25) is 0 Å². The van der Waals surface area contributed by atoms with Crippen molar-refractivity contribution in [2.75, 3.05) is 20.6 Å². The molecule has 1 aromatic carbocycles. The molecule has 0 saturated heterocycles. The van der Waals surface area contributed by atoms with Crippen molar-refractivity contribution in [3.63, 3.8) is 0 Å². The average Bonchev–Trinajstić information content (AvgIpc) is 2.75. The summed E-state index contributed by atoms with van der Waals surface area (Å²) in [5.74, 6) is 0. The largest absolute Gasteiger partial charge is 0.309 e. The van der Waals surface area contributed by atoms with Gasteiger partial charge in [-0.25, -0.2) is 0 Å². The fraction of sp³-hybridized carbons (Fsp3) is 0.385. The first-order valence-corrected chi connectivity index (χ1v) is 5.83. The number of benzene rings is 1. The number of nitrogens with one attached hydrogen (secondary N) is 1. The van der Waals surface area contributed by atoms with E-state index in [1.54, 1.807) is 0 Å². The summed E-state index contributed by atoms with van der Waals surface area (Å²) in [4.78, 5) is 2.15. The van der Waals surface area contributed by atoms with Gasteiger partial charge in [0.2, 0.25) is 0 Å². The van der Waals surface area contributed by atoms with E-state index in [4.69, 9.17) is 0 Å². The highest BCUT2D eigenvalue weighted by atomic mass is 15.3. The van der Waals surface area contributed by atoms with Gasteiger partial charge in [0.25, 0.3) is 0 Å². The summed E-state index contributed by atoms with van der Waals surface area (Å²) in [5.41, 5.74) is 3.40. The fourth-order valence-corrected chi connectivity index (χ4v) is 1.74. The van der Waals surface area contributed by atoms with Crippen LogP contribution in [0.25, 0.3) is 0 Å². The van der Waals surface area contributed by atoms with Crippen LogP contribution < -0.4 is 0 Å². The third kappa shape index (κ3) is 3.39. The molecule has 4 heteroatoms. The second-order valence-corrected chi connectivity index (χ2v) is 4.43. The molecule has 0 aliphatic carbocycles. The van der Waals surface area contributed by atoms with Gasteiger partial charge in [0.05, 0.1) is 11.4 Å². The van der Waals surface area contributed by atoms with Gasteiger partial charge in [-0.05, 0) is 19.7 Å². The number of hydrogen-bond acceptors (Lipinski definition) is 3. The van der Waals surface area contributed by atoms with Gasteiger partial charge in [0.1, 0.15) is 0 Å². The Bertz CT molecular complexity index is 447. The Morgan fingerprint density at radius 2 is 1.76 bits per heavy atom. The molecule has 4 nitrogen and oxygen atoms in total. The molecule has 0 fully saturated rings. The topological polar surface area (TPSA) is 44.8 Å². The van der Waals surface area contributed by atoms with Crippen molar-refractivity contribution in [3.8, 4) is 0 Å². The van der Waals surface area contributed by atoms with Gasteiger partial charge in [0, 0.05) is 19.4 Å². The van der Waals surface area contributed by atoms with Crippen molar-refractivity contribution in [1.82, 2.24) is 20.3 Å². The van der Waals surface area contributed by atoms with Crippen LogP contribution in [0.2, 0.25) is 0 Å². The zero-order valence-electron chi connectivity index (χ0n) is 10.3. The van der Waals surface area contributed by atoms with E-state index in [-0.39, 0.29) is 0 Å². The lowest BCUT2D eigenvalue weighted by molar-refractivity contribution is 0.411. The fourth-order valence-electron chi connectivity index (χ4n) is 1.74. The molecule has 2 rings (SSSR count). The van der Waals surface area contributed by atoms with Crippen LogP contribution >= 0.6 is 0 Å². The van der Waals surface area contributed by atoms with Crippen LogP contribution in [-0.4, -0.2) is 41.0 Å². The Morgan fingerprint density at radius 3 is 2.47 bits per heavy atom. The maximum atomic E-state index is 4.23. The molecule has 1 aromatic heterocycles. The van der Waals surface area contributed by atoms with Crippen molar-refractivity contribution in [3.05, 3.63) is 47.3 Å². The van der Waals surface area contributed by atoms with Crippen LogP contribution in [-0.2, 0) is 12.8 Å². The van der Waals surface area contributed by atoms with Gasteiger partial charge in [0.15, 0.2) is 0 Å². The Hall–Kier alpha value is -1.68. The SMILES string of the molecule is CN(C)CCc1n[nH]nc1Cc1ccccc1. The molecule has 0 unspecified atom stereocenters. The number of likely N-dealkylation sites (N-methyl/N-ethyl adjacent to an activating group) is 1. The second-order valence-electron chi connectivity index (χ2n) is 4.43. The van der Waals surface area contributed by atoms with Crippen molar-refractivity contribution in [1.29, 1.82) is 0 Å². The van der Waals surface area contributed by atoms with E-state index in [2.05, 4.69) is 58.7 Å². The summed E-state index contributed by atoms with van der Waals surface area (Å²) in [5, 5.41) is 11.2. The lowest BCUT2D eigenvalue weighted by Gasteiger charge is -2.07. The molecular formula is C13H18N4. The molecular weight excluding hydrogens is 212 g/mol. The van der Waals surface area contributed by atoms with E-state index >= 15 is 0 Å². The number of aromatic amines is 1. The van der Waals surface area contributed by atoms with Gasteiger partial charge < -0.3 is 4.90 Å². The monoisotopic (exact) mass is 230 g/mol. The molecule has 17 heavy (non-hydrogen) atoms. The Labute approximate surface area is 102 Å². The summed E-state index contributed by atoms with van der Waals surface area (Å²) in [7, 11) is 4.13. The summed E-state index contributed by atoms with van der Waals surface area (Å²) in [6, 6.07) is 10.4. The third-order valence-electron chi connectivity index (χ3n) is 2.71. The zero-order chi connectivity index (χ0) is 12.1. The van der Waals surface area contributed by atoms with Crippen LogP contribution in [0, 0.1) is 0 Å². The Kier molecular flexibility index (Phi) is 3.88. The molecule has 0 spiro atoms. The summed E-state index contributed by atoms with van der Waals surface area (Å²) < 4.78 is 0. The van der Waals surface area contributed by atoms with E-state index in [9.17, 15) is 0 Å². The molecule has 0 radical (unpaired) electrons. The Balaban J connectivity index is 2.04. The zero-order valence-corrected chi connectivity index (χ0v) is 10.3. The number of hydrogen-bond donors (Lipinski definition) is 1. The van der Waals surface area contributed by atoms with Gasteiger partial charge >= 0.3 is 0 Å². The first-order valence-electron chi connectivity index (χ1n) is 5.83. The van der Waals surface area contributed by atoms with Crippen molar-refractivity contribution in [2.45, 2.75) is 12.8 Å². The standard InChI is InChI=1S/C13H18N4/c1-17(2)9-8-12-13(15-16-14-12)10-11-6-4-3-5-7-11/h3-7H,8-10H2,1-2H3,(H,14,15,16). The quantitative estimate of drug-likeness (QED) is 0.846. The minimum atomic E-state index is 0.847. The maximum absolute atomic E-state index is 4.23. The van der Waals surface area contributed by atoms with Gasteiger partial charge in [-0.1, -0.05) is 30.3 Å². The minimum absolute atomic E-state index is 0.847. The van der Waals surface area contributed by atoms with Crippen LogP contribution in [0.3, 0.4) is 0 Å². The van der Waals surface area contributed by atoms with Crippen LogP contribution in [0.15, 0.2) is 30.3 Å². The normalized spacial score (nSPS) is 11.0. The summed E-state index contributed by atoms with van der Waals surface area (Å²) in [6.07, 6.45) is 1.78. The predicted octanol–water partition coefficient (Wildman–Crippen LogP) is 1.50. The number of aromatic nitrogens is 3. The molecule has 0 aliphatic heterocycles. The molecule has 0 amide bonds. The molecule has 2 aromatic rings. The van der Waals surface area contributed by atoms with Crippen molar-refractivity contribution in [2.24, 2.45) is 0 Å². The summed E-state index contributed by atoms with van der Waals surface area (Å²) in [6.45, 7) is 0.994. The van der Waals surface area contributed by atoms with E-state index in [1.807, 2.05) is 6.07 Å². The van der Waals surface area contributed by atoms with Crippen LogP contribution in [0.4, 0.5) is 0 Å². The highest BCUT2D eigenvalue weighted by Gasteiger charge is 2.08. The highest BCUT2D eigenvalue weighted by Crippen LogP contribution is 2.10. The number of H-pyrrole nitrogens is 1. The maximum Gasteiger partial charge on any atom is 0.0900 e. The average molecular weight is 230 g/mol. The molecule has 0 saturated carbocycles. The van der Waals surface area contributed by atoms with E-state index < -0.39 is 0 Å². The predicted molar refractivity (Wildman–Crippen MR) is 67.9 cm³/mol. The minimum Gasteiger partial charge on any atom is -0.309 e. The first-order chi connectivity index (χ1) is 8.25. The molecule has 1 heterocycles. The van der Waals surface area contributed by atoms with Crippen LogP contribution in [0.1, 0.15) is 17.0 Å². The van der Waals surface area contributed by atoms with Crippen molar-refractivity contribution < 1.29 is 0 Å². The molecule has 0 aliphatic rings. The smallest absolute Gasteiger partial charge is 0.0900 e. The second kappa shape index (κ2) is 5.59. The molecule has 1 N–H and O–H groups in total. The highest BCUT2D eigenvalue weighted by molar-refractivity contribution is 5.23. The van der Waals surface area contributed by atoms with E-state index in [0.29, 0.717) is 0 Å². The Morgan fingerprint density at radius 1 is 1.06 bits per heavy atom. The van der Waals surface area contributed by atoms with Crippen molar-refractivity contribution >= 4 is 0 Å². The summed E-state index contributed by atoms with van der Waals surface area (Å²) >= 11 is 0. The van der Waals surface area contributed by atoms with Crippen LogP contribution in [0.5, 0.6) is 0 Å². The van der Waals surface area contributed by atoms with E-state index in [0.717, 1.165) is 30.8 Å². The van der Waals surface area contributed by atoms with Gasteiger partial charge in [-0.2, -0.15) is 15.4 Å². The third-order valence-corrected chi connectivity index (χ3v) is 2.71. The molecule has 0 bridgehead atoms. The lowest BCUT2D eigenvalue weighted by Crippen LogP contribution is -2.16. The van der Waals surface area contributed by atoms with E-state index in [1.165, 1.54) is 5.56 Å². The molecule has 0 atom stereocenters. The lowest BCUT2D eigenvalue weighted by atomic mass is 10.1. The number of rotatable bonds is 5. The first kappa shape index (κ1) is 11.8.